The summed E-state index contributed by atoms with van der Waals surface area (Å²) in [4.78, 5) is 0. The van der Waals surface area contributed by atoms with Crippen LogP contribution in [-0.2, 0) is 9.47 Å². The third-order valence-electron chi connectivity index (χ3n) is 3.18. The second-order valence-electron chi connectivity index (χ2n) is 5.57. The molecule has 102 valence electrons. The minimum Gasteiger partial charge on any atom is -0.384 e. The van der Waals surface area contributed by atoms with E-state index in [-0.39, 0.29) is 5.41 Å². The van der Waals surface area contributed by atoms with Crippen molar-refractivity contribution in [1.82, 2.24) is 0 Å². The van der Waals surface area contributed by atoms with Crippen molar-refractivity contribution in [2.45, 2.75) is 47.0 Å². The molecule has 2 nitrogen and oxygen atoms in total. The highest BCUT2D eigenvalue weighted by Crippen LogP contribution is 2.32. The Morgan fingerprint density at radius 3 is 2.06 bits per heavy atom. The molecule has 0 saturated heterocycles. The Morgan fingerprint density at radius 1 is 1.18 bits per heavy atom. The minimum atomic E-state index is 0.133. The summed E-state index contributed by atoms with van der Waals surface area (Å²) in [5.41, 5.74) is 1.58. The zero-order chi connectivity index (χ0) is 13.3. The molecule has 0 heterocycles. The van der Waals surface area contributed by atoms with Gasteiger partial charge in [-0.15, -0.1) is 0 Å². The lowest BCUT2D eigenvalue weighted by Gasteiger charge is -2.33. The second-order valence-corrected chi connectivity index (χ2v) is 5.57. The number of ether oxygens (including phenoxy) is 2. The summed E-state index contributed by atoms with van der Waals surface area (Å²) in [7, 11) is 3.56. The smallest absolute Gasteiger partial charge is 0.0543 e. The van der Waals surface area contributed by atoms with Crippen LogP contribution in [0.3, 0.4) is 0 Å². The summed E-state index contributed by atoms with van der Waals surface area (Å²) in [6.45, 7) is 10.5. The molecule has 0 fully saturated rings. The van der Waals surface area contributed by atoms with Gasteiger partial charge in [-0.2, -0.15) is 0 Å². The van der Waals surface area contributed by atoms with Gasteiger partial charge < -0.3 is 9.47 Å². The summed E-state index contributed by atoms with van der Waals surface area (Å²) in [6.07, 6.45) is 5.66. The van der Waals surface area contributed by atoms with E-state index >= 15 is 0 Å². The highest BCUT2D eigenvalue weighted by molar-refractivity contribution is 5.00. The molecule has 0 aromatic rings. The van der Waals surface area contributed by atoms with Crippen LogP contribution >= 0.6 is 0 Å². The molecule has 0 bridgehead atoms. The fourth-order valence-corrected chi connectivity index (χ4v) is 2.37. The molecular weight excluding hydrogens is 212 g/mol. The average molecular weight is 242 g/mol. The minimum absolute atomic E-state index is 0.133. The molecule has 2 heteroatoms. The van der Waals surface area contributed by atoms with Crippen LogP contribution in [0.25, 0.3) is 0 Å². The van der Waals surface area contributed by atoms with Crippen molar-refractivity contribution in [1.29, 1.82) is 0 Å². The van der Waals surface area contributed by atoms with Crippen LogP contribution in [0.4, 0.5) is 0 Å². The topological polar surface area (TPSA) is 18.5 Å². The first-order chi connectivity index (χ1) is 7.99. The molecule has 0 aliphatic heterocycles. The van der Waals surface area contributed by atoms with Crippen molar-refractivity contribution >= 4 is 0 Å². The van der Waals surface area contributed by atoms with E-state index in [2.05, 4.69) is 33.8 Å². The van der Waals surface area contributed by atoms with Gasteiger partial charge in [-0.1, -0.05) is 32.4 Å². The Labute approximate surface area is 107 Å². The van der Waals surface area contributed by atoms with Crippen LogP contribution < -0.4 is 0 Å². The molecule has 0 aliphatic rings. The van der Waals surface area contributed by atoms with Crippen molar-refractivity contribution in [2.75, 3.05) is 27.4 Å². The van der Waals surface area contributed by atoms with E-state index in [0.29, 0.717) is 5.92 Å². The van der Waals surface area contributed by atoms with Crippen LogP contribution in [0.15, 0.2) is 11.6 Å². The Morgan fingerprint density at radius 2 is 1.71 bits per heavy atom. The fraction of sp³-hybridized carbons (Fsp3) is 0.867. The normalized spacial score (nSPS) is 13.5. The lowest BCUT2D eigenvalue weighted by Crippen LogP contribution is -2.33. The predicted molar refractivity (Wildman–Crippen MR) is 74.3 cm³/mol. The van der Waals surface area contributed by atoms with E-state index in [1.54, 1.807) is 14.2 Å². The van der Waals surface area contributed by atoms with Crippen molar-refractivity contribution < 1.29 is 9.47 Å². The lowest BCUT2D eigenvalue weighted by molar-refractivity contribution is -0.00150. The Bertz CT molecular complexity index is 213. The predicted octanol–water partition coefficient (Wildman–Crippen LogP) is 4.06. The lowest BCUT2D eigenvalue weighted by atomic mass is 9.78. The van der Waals surface area contributed by atoms with Gasteiger partial charge in [0.1, 0.15) is 0 Å². The van der Waals surface area contributed by atoms with Gasteiger partial charge >= 0.3 is 0 Å². The van der Waals surface area contributed by atoms with E-state index in [4.69, 9.17) is 9.47 Å². The second kappa shape index (κ2) is 8.71. The molecule has 17 heavy (non-hydrogen) atoms. The van der Waals surface area contributed by atoms with Crippen LogP contribution in [0.1, 0.15) is 47.0 Å². The molecule has 0 aromatic carbocycles. The first kappa shape index (κ1) is 16.7. The molecule has 0 radical (unpaired) electrons. The first-order valence-electron chi connectivity index (χ1n) is 6.63. The van der Waals surface area contributed by atoms with Crippen molar-refractivity contribution in [3.63, 3.8) is 0 Å². The van der Waals surface area contributed by atoms with E-state index in [0.717, 1.165) is 32.5 Å². The monoisotopic (exact) mass is 242 g/mol. The maximum Gasteiger partial charge on any atom is 0.0543 e. The Hall–Kier alpha value is -0.340. The first-order valence-corrected chi connectivity index (χ1v) is 6.63. The highest BCUT2D eigenvalue weighted by Gasteiger charge is 2.30. The van der Waals surface area contributed by atoms with Gasteiger partial charge in [-0.25, -0.2) is 0 Å². The van der Waals surface area contributed by atoms with Crippen LogP contribution in [0.2, 0.25) is 0 Å². The van der Waals surface area contributed by atoms with Crippen molar-refractivity contribution in [3.05, 3.63) is 11.6 Å². The number of hydrogen-bond donors (Lipinski definition) is 0. The van der Waals surface area contributed by atoms with Gasteiger partial charge in [-0.05, 0) is 32.1 Å². The summed E-state index contributed by atoms with van der Waals surface area (Å²) in [5, 5.41) is 0. The van der Waals surface area contributed by atoms with Gasteiger partial charge in [0.25, 0.3) is 0 Å². The fourth-order valence-electron chi connectivity index (χ4n) is 2.37. The maximum absolute atomic E-state index is 5.42. The van der Waals surface area contributed by atoms with Gasteiger partial charge in [0.05, 0.1) is 13.2 Å². The molecule has 0 aromatic heterocycles. The Balaban J connectivity index is 4.75. The molecule has 0 saturated carbocycles. The van der Waals surface area contributed by atoms with Crippen LogP contribution in [-0.4, -0.2) is 27.4 Å². The molecule has 0 amide bonds. The van der Waals surface area contributed by atoms with Crippen LogP contribution in [0, 0.1) is 11.3 Å². The molecule has 0 unspecified atom stereocenters. The van der Waals surface area contributed by atoms with Gasteiger partial charge in [0, 0.05) is 19.6 Å². The van der Waals surface area contributed by atoms with E-state index in [9.17, 15) is 0 Å². The zero-order valence-electron chi connectivity index (χ0n) is 12.5. The number of hydrogen-bond acceptors (Lipinski definition) is 2. The third kappa shape index (κ3) is 6.85. The quantitative estimate of drug-likeness (QED) is 0.568. The average Bonchev–Trinajstić information content (AvgIpc) is 2.25. The summed E-state index contributed by atoms with van der Waals surface area (Å²) < 4.78 is 10.8. The standard InChI is InChI=1S/C15H30O2/c1-7-14(4)8-9-15(11-16-5,12-17-6)10-13(2)3/h8,13H,7,9-12H2,1-6H3. The molecule has 0 atom stereocenters. The molecular formula is C15H30O2. The summed E-state index contributed by atoms with van der Waals surface area (Å²) in [5.74, 6) is 0.663. The van der Waals surface area contributed by atoms with Gasteiger partial charge in [0.2, 0.25) is 0 Å². The molecule has 0 N–H and O–H groups in total. The molecule has 0 spiro atoms. The van der Waals surface area contributed by atoms with E-state index < -0.39 is 0 Å². The van der Waals surface area contributed by atoms with Gasteiger partial charge in [-0.3, -0.25) is 0 Å². The maximum atomic E-state index is 5.42. The molecule has 0 aliphatic carbocycles. The third-order valence-corrected chi connectivity index (χ3v) is 3.18. The summed E-state index contributed by atoms with van der Waals surface area (Å²) in [6, 6.07) is 0. The highest BCUT2D eigenvalue weighted by atomic mass is 16.5. The zero-order valence-corrected chi connectivity index (χ0v) is 12.5. The van der Waals surface area contributed by atoms with E-state index in [1.165, 1.54) is 5.57 Å². The van der Waals surface area contributed by atoms with Crippen LogP contribution in [0.5, 0.6) is 0 Å². The summed E-state index contributed by atoms with van der Waals surface area (Å²) >= 11 is 0. The Kier molecular flexibility index (Phi) is 8.53. The van der Waals surface area contributed by atoms with E-state index in [1.807, 2.05) is 0 Å². The number of methoxy groups -OCH3 is 2. The van der Waals surface area contributed by atoms with Gasteiger partial charge in [0.15, 0.2) is 0 Å². The number of rotatable bonds is 9. The van der Waals surface area contributed by atoms with Crippen molar-refractivity contribution in [3.8, 4) is 0 Å². The van der Waals surface area contributed by atoms with Crippen molar-refractivity contribution in [2.24, 2.45) is 11.3 Å². The molecule has 0 rings (SSSR count). The SMILES string of the molecule is CCC(C)=CCC(COC)(COC)CC(C)C. The largest absolute Gasteiger partial charge is 0.384 e. The number of allylic oxidation sites excluding steroid dienone is 2.